The van der Waals surface area contributed by atoms with Crippen molar-refractivity contribution in [3.63, 3.8) is 0 Å². The summed E-state index contributed by atoms with van der Waals surface area (Å²) in [5, 5.41) is 0. The summed E-state index contributed by atoms with van der Waals surface area (Å²) in [6.07, 6.45) is 1.13. The van der Waals surface area contributed by atoms with Crippen molar-refractivity contribution in [3.8, 4) is 0 Å². The van der Waals surface area contributed by atoms with E-state index in [1.54, 1.807) is 0 Å². The van der Waals surface area contributed by atoms with Crippen LogP contribution < -0.4 is 0 Å². The van der Waals surface area contributed by atoms with Crippen LogP contribution in [0.3, 0.4) is 0 Å². The van der Waals surface area contributed by atoms with Crippen molar-refractivity contribution >= 4 is 10.1 Å². The zero-order chi connectivity index (χ0) is 14.0. The maximum atomic E-state index is 11.0. The van der Waals surface area contributed by atoms with E-state index in [4.69, 9.17) is 9.29 Å². The summed E-state index contributed by atoms with van der Waals surface area (Å²) < 4.78 is 36.6. The van der Waals surface area contributed by atoms with Crippen LogP contribution in [-0.4, -0.2) is 30.3 Å². The molecule has 1 fully saturated rings. The Bertz CT molecular complexity index is 556. The second-order valence-corrected chi connectivity index (χ2v) is 6.62. The van der Waals surface area contributed by atoms with E-state index >= 15 is 0 Å². The smallest absolute Gasteiger partial charge is 0.265 e. The van der Waals surface area contributed by atoms with E-state index in [1.165, 1.54) is 0 Å². The quantitative estimate of drug-likeness (QED) is 0.860. The molecule has 1 aliphatic heterocycles. The molecule has 1 aliphatic rings. The Morgan fingerprint density at radius 3 is 2.79 bits per heavy atom. The molecule has 2 heterocycles. The third kappa shape index (κ3) is 3.99. The zero-order valence-corrected chi connectivity index (χ0v) is 12.0. The zero-order valence-electron chi connectivity index (χ0n) is 11.2. The molecule has 6 heteroatoms. The first-order chi connectivity index (χ1) is 8.85. The fourth-order valence-electron chi connectivity index (χ4n) is 2.57. The van der Waals surface area contributed by atoms with E-state index in [2.05, 4.69) is 4.98 Å². The number of nitrogens with zero attached hydrogens (tertiary/aromatic N) is 1. The fourth-order valence-corrected chi connectivity index (χ4v) is 3.47. The maximum Gasteiger partial charge on any atom is 0.265 e. The molecule has 2 rings (SSSR count). The summed E-state index contributed by atoms with van der Waals surface area (Å²) in [5.74, 6) is -0.250. The van der Waals surface area contributed by atoms with Gasteiger partial charge in [0, 0.05) is 23.6 Å². The van der Waals surface area contributed by atoms with Crippen molar-refractivity contribution in [2.75, 3.05) is 12.4 Å². The van der Waals surface area contributed by atoms with E-state index in [9.17, 15) is 8.42 Å². The largest absolute Gasteiger partial charge is 0.373 e. The minimum absolute atomic E-state index is 0.0607. The van der Waals surface area contributed by atoms with Crippen molar-refractivity contribution in [1.82, 2.24) is 4.98 Å². The molecular formula is C13H19NO4S. The topological polar surface area (TPSA) is 76.5 Å². The van der Waals surface area contributed by atoms with Crippen molar-refractivity contribution in [2.24, 2.45) is 5.92 Å². The van der Waals surface area contributed by atoms with Gasteiger partial charge in [-0.15, -0.1) is 0 Å². The lowest BCUT2D eigenvalue weighted by Gasteiger charge is -2.29. The van der Waals surface area contributed by atoms with E-state index in [1.807, 2.05) is 26.0 Å². The monoisotopic (exact) mass is 285 g/mol. The number of hydrogen-bond donors (Lipinski definition) is 1. The normalized spacial score (nSPS) is 24.4. The molecule has 1 saturated heterocycles. The Labute approximate surface area is 113 Å². The van der Waals surface area contributed by atoms with Gasteiger partial charge in [-0.25, -0.2) is 0 Å². The molecule has 19 heavy (non-hydrogen) atoms. The number of aryl methyl sites for hydroxylation is 2. The Morgan fingerprint density at radius 2 is 2.16 bits per heavy atom. The lowest BCUT2D eigenvalue weighted by atomic mass is 9.92. The number of aromatic nitrogens is 1. The van der Waals surface area contributed by atoms with Crippen LogP contribution in [0, 0.1) is 19.8 Å². The summed E-state index contributed by atoms with van der Waals surface area (Å²) in [4.78, 5) is 4.40. The third-order valence-corrected chi connectivity index (χ3v) is 4.34. The van der Waals surface area contributed by atoms with Gasteiger partial charge in [0.1, 0.15) is 0 Å². The molecular weight excluding hydrogens is 266 g/mol. The van der Waals surface area contributed by atoms with Gasteiger partial charge in [0.25, 0.3) is 10.1 Å². The molecule has 1 N–H and O–H groups in total. The van der Waals surface area contributed by atoms with Crippen molar-refractivity contribution in [2.45, 2.75) is 32.8 Å². The van der Waals surface area contributed by atoms with Crippen molar-refractivity contribution in [1.29, 1.82) is 0 Å². The number of rotatable bonds is 3. The summed E-state index contributed by atoms with van der Waals surface area (Å²) in [6, 6.07) is 3.91. The highest BCUT2D eigenvalue weighted by molar-refractivity contribution is 7.85. The van der Waals surface area contributed by atoms with Crippen LogP contribution in [0.5, 0.6) is 0 Å². The number of ether oxygens (including phenoxy) is 1. The van der Waals surface area contributed by atoms with Gasteiger partial charge >= 0.3 is 0 Å². The lowest BCUT2D eigenvalue weighted by Crippen LogP contribution is -2.26. The highest BCUT2D eigenvalue weighted by Crippen LogP contribution is 2.33. The molecule has 5 nitrogen and oxygen atoms in total. The Hall–Kier alpha value is -0.980. The standard InChI is InChI=1S/C13H19NO4S/c1-9-3-4-12(10(2)14-9)13-7-11(5-6-18-13)8-19(15,16)17/h3-4,11,13H,5-8H2,1-2H3,(H,15,16,17). The molecule has 0 radical (unpaired) electrons. The van der Waals surface area contributed by atoms with E-state index in [-0.39, 0.29) is 17.8 Å². The van der Waals surface area contributed by atoms with E-state index < -0.39 is 10.1 Å². The van der Waals surface area contributed by atoms with Crippen LogP contribution in [0.25, 0.3) is 0 Å². The Morgan fingerprint density at radius 1 is 1.42 bits per heavy atom. The second kappa shape index (κ2) is 5.56. The SMILES string of the molecule is Cc1ccc(C2CC(CS(=O)(=O)O)CCO2)c(C)n1. The Kier molecular flexibility index (Phi) is 4.23. The summed E-state index contributed by atoms with van der Waals surface area (Å²) in [5.41, 5.74) is 2.87. The molecule has 0 spiro atoms. The van der Waals surface area contributed by atoms with Crippen LogP contribution >= 0.6 is 0 Å². The first-order valence-electron chi connectivity index (χ1n) is 6.36. The van der Waals surface area contributed by atoms with Crippen molar-refractivity contribution in [3.05, 3.63) is 29.1 Å². The number of hydrogen-bond acceptors (Lipinski definition) is 4. The summed E-state index contributed by atoms with van der Waals surface area (Å²) in [7, 11) is -3.92. The summed E-state index contributed by atoms with van der Waals surface area (Å²) in [6.45, 7) is 4.37. The minimum Gasteiger partial charge on any atom is -0.373 e. The highest BCUT2D eigenvalue weighted by atomic mass is 32.2. The predicted octanol–water partition coefficient (Wildman–Crippen LogP) is 2.05. The molecule has 0 amide bonds. The predicted molar refractivity (Wildman–Crippen MR) is 71.5 cm³/mol. The molecule has 0 aromatic carbocycles. The fraction of sp³-hybridized carbons (Fsp3) is 0.615. The first kappa shape index (κ1) is 14.4. The van der Waals surface area contributed by atoms with Gasteiger partial charge in [-0.1, -0.05) is 6.07 Å². The molecule has 0 bridgehead atoms. The molecule has 1 aromatic heterocycles. The van der Waals surface area contributed by atoms with Crippen LogP contribution in [0.2, 0.25) is 0 Å². The molecule has 2 unspecified atom stereocenters. The van der Waals surface area contributed by atoms with E-state index in [0.717, 1.165) is 17.0 Å². The van der Waals surface area contributed by atoms with Gasteiger partial charge in [-0.05, 0) is 38.7 Å². The summed E-state index contributed by atoms with van der Waals surface area (Å²) >= 11 is 0. The minimum atomic E-state index is -3.92. The first-order valence-corrected chi connectivity index (χ1v) is 7.97. The van der Waals surface area contributed by atoms with Gasteiger partial charge in [-0.2, -0.15) is 8.42 Å². The number of pyridine rings is 1. The maximum absolute atomic E-state index is 11.0. The highest BCUT2D eigenvalue weighted by Gasteiger charge is 2.28. The van der Waals surface area contributed by atoms with E-state index in [0.29, 0.717) is 19.4 Å². The van der Waals surface area contributed by atoms with Gasteiger partial charge in [0.05, 0.1) is 11.9 Å². The van der Waals surface area contributed by atoms with Gasteiger partial charge in [-0.3, -0.25) is 9.54 Å². The van der Waals surface area contributed by atoms with Crippen LogP contribution in [-0.2, 0) is 14.9 Å². The molecule has 0 aliphatic carbocycles. The van der Waals surface area contributed by atoms with Gasteiger partial charge < -0.3 is 4.74 Å². The average Bonchev–Trinajstić information content (AvgIpc) is 2.26. The van der Waals surface area contributed by atoms with Gasteiger partial charge in [0.2, 0.25) is 0 Å². The lowest BCUT2D eigenvalue weighted by molar-refractivity contribution is -0.00643. The van der Waals surface area contributed by atoms with Gasteiger partial charge in [0.15, 0.2) is 0 Å². The molecule has 106 valence electrons. The van der Waals surface area contributed by atoms with Crippen LogP contribution in [0.1, 0.15) is 35.9 Å². The Balaban J connectivity index is 2.12. The molecule has 1 aromatic rings. The van der Waals surface area contributed by atoms with Crippen LogP contribution in [0.15, 0.2) is 12.1 Å². The molecule has 2 atom stereocenters. The second-order valence-electron chi connectivity index (χ2n) is 5.13. The van der Waals surface area contributed by atoms with Crippen molar-refractivity contribution < 1.29 is 17.7 Å². The third-order valence-electron chi connectivity index (χ3n) is 3.45. The molecule has 0 saturated carbocycles. The van der Waals surface area contributed by atoms with Crippen LogP contribution in [0.4, 0.5) is 0 Å². The average molecular weight is 285 g/mol.